The average Bonchev–Trinajstić information content (AvgIpc) is 3.19. The molecule has 0 amide bonds. The number of nitrogens with zero attached hydrogens (tertiary/aromatic N) is 5. The van der Waals surface area contributed by atoms with Crippen LogP contribution in [0.2, 0.25) is 0 Å². The summed E-state index contributed by atoms with van der Waals surface area (Å²) in [7, 11) is 4.07. The Labute approximate surface area is 174 Å². The highest BCUT2D eigenvalue weighted by Crippen LogP contribution is 2.28. The molecule has 26 heavy (non-hydrogen) atoms. The first-order valence-electron chi connectivity index (χ1n) is 9.58. The number of rotatable bonds is 8. The number of guanidine groups is 1. The minimum absolute atomic E-state index is 0. The zero-order valence-corrected chi connectivity index (χ0v) is 18.6. The molecule has 148 valence electrons. The quantitative estimate of drug-likeness (QED) is 0.270. The van der Waals surface area contributed by atoms with E-state index >= 15 is 0 Å². The van der Waals surface area contributed by atoms with Crippen LogP contribution in [0.5, 0.6) is 0 Å². The number of hydrogen-bond donors (Lipinski definition) is 1. The van der Waals surface area contributed by atoms with Gasteiger partial charge in [0.05, 0.1) is 6.61 Å². The molecule has 0 spiro atoms. The highest BCUT2D eigenvalue weighted by Gasteiger charge is 2.21. The number of hydrogen-bond acceptors (Lipinski definition) is 4. The Morgan fingerprint density at radius 2 is 2.00 bits per heavy atom. The van der Waals surface area contributed by atoms with Crippen molar-refractivity contribution in [3.8, 4) is 0 Å². The highest BCUT2D eigenvalue weighted by molar-refractivity contribution is 14.0. The van der Waals surface area contributed by atoms with Gasteiger partial charge in [0.1, 0.15) is 12.4 Å². The highest BCUT2D eigenvalue weighted by atomic mass is 127. The van der Waals surface area contributed by atoms with Crippen LogP contribution < -0.4 is 5.32 Å². The first-order valence-corrected chi connectivity index (χ1v) is 9.58. The molecule has 1 aromatic rings. The molecule has 1 heterocycles. The molecular formula is C18H33IN6O. The molecule has 0 aliphatic heterocycles. The van der Waals surface area contributed by atoms with E-state index in [1.54, 1.807) is 0 Å². The van der Waals surface area contributed by atoms with Gasteiger partial charge in [-0.25, -0.2) is 4.99 Å². The van der Waals surface area contributed by atoms with Crippen molar-refractivity contribution in [3.05, 3.63) is 11.6 Å². The fraction of sp³-hybridized carbons (Fsp3) is 0.833. The second-order valence-electron chi connectivity index (χ2n) is 7.43. The van der Waals surface area contributed by atoms with Crippen molar-refractivity contribution in [3.63, 3.8) is 0 Å². The maximum Gasteiger partial charge on any atom is 0.194 e. The summed E-state index contributed by atoms with van der Waals surface area (Å²) in [5.41, 5.74) is 0. The molecule has 0 atom stereocenters. The number of nitrogens with one attached hydrogen (secondary N) is 1. The third kappa shape index (κ3) is 6.37. The van der Waals surface area contributed by atoms with E-state index in [1.165, 1.54) is 38.5 Å². The first kappa shape index (κ1) is 21.4. The number of aromatic nitrogens is 3. The van der Waals surface area contributed by atoms with E-state index in [1.807, 2.05) is 18.5 Å². The Morgan fingerprint density at radius 3 is 2.62 bits per heavy atom. The molecule has 0 radical (unpaired) electrons. The van der Waals surface area contributed by atoms with E-state index in [9.17, 15) is 0 Å². The summed E-state index contributed by atoms with van der Waals surface area (Å²) in [6, 6.07) is 0.537. The number of likely N-dealkylation sites (N-methyl/N-ethyl adjacent to an activating group) is 1. The summed E-state index contributed by atoms with van der Waals surface area (Å²) >= 11 is 0. The molecule has 0 unspecified atom stereocenters. The molecule has 0 bridgehead atoms. The maximum absolute atomic E-state index is 5.78. The number of halogens is 1. The van der Waals surface area contributed by atoms with Crippen molar-refractivity contribution < 1.29 is 4.74 Å². The maximum atomic E-state index is 5.78. The zero-order chi connectivity index (χ0) is 17.6. The van der Waals surface area contributed by atoms with Gasteiger partial charge in [0.15, 0.2) is 11.8 Å². The summed E-state index contributed by atoms with van der Waals surface area (Å²) in [4.78, 5) is 6.99. The molecular weight excluding hydrogens is 443 g/mol. The molecule has 2 aliphatic rings. The van der Waals surface area contributed by atoms with Crippen molar-refractivity contribution in [1.29, 1.82) is 0 Å². The van der Waals surface area contributed by atoms with Crippen LogP contribution in [-0.4, -0.2) is 58.5 Å². The minimum atomic E-state index is 0. The van der Waals surface area contributed by atoms with E-state index in [0.29, 0.717) is 12.6 Å². The normalized spacial score (nSPS) is 18.0. The Kier molecular flexibility index (Phi) is 8.59. The topological polar surface area (TPSA) is 67.6 Å². The van der Waals surface area contributed by atoms with Crippen LogP contribution in [0.15, 0.2) is 4.99 Å². The molecule has 7 nitrogen and oxygen atoms in total. The van der Waals surface area contributed by atoms with Crippen LogP contribution >= 0.6 is 24.0 Å². The van der Waals surface area contributed by atoms with Crippen molar-refractivity contribution in [2.24, 2.45) is 18.0 Å². The van der Waals surface area contributed by atoms with Gasteiger partial charge in [0, 0.05) is 33.3 Å². The number of aryl methyl sites for hydroxylation is 1. The predicted octanol–water partition coefficient (Wildman–Crippen LogP) is 2.49. The van der Waals surface area contributed by atoms with E-state index in [2.05, 4.69) is 27.5 Å². The monoisotopic (exact) mass is 476 g/mol. The van der Waals surface area contributed by atoms with E-state index in [-0.39, 0.29) is 24.0 Å². The lowest BCUT2D eigenvalue weighted by Gasteiger charge is -2.25. The Hall–Kier alpha value is -0.900. The van der Waals surface area contributed by atoms with Gasteiger partial charge in [0.25, 0.3) is 0 Å². The third-order valence-electron chi connectivity index (χ3n) is 5.22. The van der Waals surface area contributed by atoms with E-state index in [0.717, 1.165) is 43.3 Å². The summed E-state index contributed by atoms with van der Waals surface area (Å²) in [6.07, 6.45) is 7.75. The van der Waals surface area contributed by atoms with Gasteiger partial charge < -0.3 is 19.5 Å². The van der Waals surface area contributed by atoms with Gasteiger partial charge in [-0.1, -0.05) is 12.8 Å². The summed E-state index contributed by atoms with van der Waals surface area (Å²) in [6.45, 7) is 5.01. The van der Waals surface area contributed by atoms with Crippen LogP contribution in [-0.2, 0) is 18.3 Å². The molecule has 1 aromatic heterocycles. The summed E-state index contributed by atoms with van der Waals surface area (Å²) in [5.74, 6) is 3.57. The van der Waals surface area contributed by atoms with Crippen LogP contribution in [0, 0.1) is 12.8 Å². The summed E-state index contributed by atoms with van der Waals surface area (Å²) < 4.78 is 7.78. The SMILES string of the molecule is Cc1nnc(CN=C(NC2CCCC2)N(C)CCOCC2CC2)n1C.I. The van der Waals surface area contributed by atoms with Crippen LogP contribution in [0.25, 0.3) is 0 Å². The fourth-order valence-corrected chi connectivity index (χ4v) is 3.11. The van der Waals surface area contributed by atoms with Gasteiger partial charge in [-0.05, 0) is 38.5 Å². The molecule has 2 fully saturated rings. The van der Waals surface area contributed by atoms with E-state index in [4.69, 9.17) is 9.73 Å². The predicted molar refractivity (Wildman–Crippen MR) is 114 cm³/mol. The number of aliphatic imine (C=N–C) groups is 1. The van der Waals surface area contributed by atoms with Gasteiger partial charge in [-0.2, -0.15) is 0 Å². The van der Waals surface area contributed by atoms with E-state index < -0.39 is 0 Å². The molecule has 0 saturated heterocycles. The lowest BCUT2D eigenvalue weighted by atomic mass is 10.2. The standard InChI is InChI=1S/C18H32N6O.HI/c1-14-21-22-17(24(14)3)12-19-18(20-16-6-4-5-7-16)23(2)10-11-25-13-15-8-9-15;/h15-16H,4-13H2,1-3H3,(H,19,20);1H. The Morgan fingerprint density at radius 1 is 1.27 bits per heavy atom. The average molecular weight is 476 g/mol. The van der Waals surface area contributed by atoms with Crippen LogP contribution in [0.1, 0.15) is 50.2 Å². The van der Waals surface area contributed by atoms with Gasteiger partial charge in [-0.3, -0.25) is 0 Å². The molecule has 8 heteroatoms. The van der Waals surface area contributed by atoms with Crippen molar-refractivity contribution in [2.75, 3.05) is 26.8 Å². The molecule has 1 N–H and O–H groups in total. The molecule has 3 rings (SSSR count). The Balaban J connectivity index is 0.00000243. The number of ether oxygens (including phenoxy) is 1. The van der Waals surface area contributed by atoms with Gasteiger partial charge in [-0.15, -0.1) is 34.2 Å². The van der Waals surface area contributed by atoms with Gasteiger partial charge >= 0.3 is 0 Å². The second-order valence-corrected chi connectivity index (χ2v) is 7.43. The second kappa shape index (κ2) is 10.4. The third-order valence-corrected chi connectivity index (χ3v) is 5.22. The van der Waals surface area contributed by atoms with Crippen LogP contribution in [0.3, 0.4) is 0 Å². The van der Waals surface area contributed by atoms with Crippen LogP contribution in [0.4, 0.5) is 0 Å². The minimum Gasteiger partial charge on any atom is -0.379 e. The van der Waals surface area contributed by atoms with Crippen molar-refractivity contribution >= 4 is 29.9 Å². The molecule has 0 aromatic carbocycles. The Bertz CT molecular complexity index is 580. The molecule has 2 aliphatic carbocycles. The lowest BCUT2D eigenvalue weighted by molar-refractivity contribution is 0.115. The summed E-state index contributed by atoms with van der Waals surface area (Å²) in [5, 5.41) is 12.0. The molecule has 2 saturated carbocycles. The smallest absolute Gasteiger partial charge is 0.194 e. The first-order chi connectivity index (χ1) is 12.1. The zero-order valence-electron chi connectivity index (χ0n) is 16.3. The van der Waals surface area contributed by atoms with Crippen molar-refractivity contribution in [1.82, 2.24) is 25.0 Å². The lowest BCUT2D eigenvalue weighted by Crippen LogP contribution is -2.44. The largest absolute Gasteiger partial charge is 0.379 e. The fourth-order valence-electron chi connectivity index (χ4n) is 3.11. The van der Waals surface area contributed by atoms with Crippen molar-refractivity contribution in [2.45, 2.75) is 58.0 Å². The van der Waals surface area contributed by atoms with Gasteiger partial charge in [0.2, 0.25) is 0 Å².